The van der Waals surface area contributed by atoms with Crippen LogP contribution in [-0.4, -0.2) is 18.0 Å². The van der Waals surface area contributed by atoms with Crippen molar-refractivity contribution in [1.29, 1.82) is 0 Å². The summed E-state index contributed by atoms with van der Waals surface area (Å²) in [6.45, 7) is 0.360. The molecule has 4 rings (SSSR count). The largest absolute Gasteiger partial charge is 0.497 e. The molecule has 0 saturated carbocycles. The van der Waals surface area contributed by atoms with Crippen molar-refractivity contribution >= 4 is 17.2 Å². The first-order valence-corrected chi connectivity index (χ1v) is 11.5. The average molecular weight is 499 g/mol. The number of nitrogens with one attached hydrogen (secondary N) is 1. The first-order valence-electron chi connectivity index (χ1n) is 10.6. The van der Waals surface area contributed by atoms with Crippen molar-refractivity contribution in [3.63, 3.8) is 0 Å². The molecule has 1 heterocycles. The molecular formula is C26H21F3N2O3S. The molecule has 1 N–H and O–H groups in total. The van der Waals surface area contributed by atoms with Gasteiger partial charge in [0, 0.05) is 17.5 Å². The second-order valence-corrected chi connectivity index (χ2v) is 8.44. The lowest BCUT2D eigenvalue weighted by Gasteiger charge is -2.09. The number of halogens is 3. The Bertz CT molecular complexity index is 1300. The van der Waals surface area contributed by atoms with Crippen LogP contribution in [0.25, 0.3) is 10.6 Å². The van der Waals surface area contributed by atoms with Crippen LogP contribution in [0.2, 0.25) is 0 Å². The highest BCUT2D eigenvalue weighted by atomic mass is 32.1. The molecule has 1 amide bonds. The number of carbonyl (C=O) groups is 1. The molecule has 0 aliphatic heterocycles. The van der Waals surface area contributed by atoms with Gasteiger partial charge in [-0.2, -0.15) is 13.2 Å². The second-order valence-electron chi connectivity index (χ2n) is 7.58. The topological polar surface area (TPSA) is 60.5 Å². The molecular weight excluding hydrogens is 477 g/mol. The van der Waals surface area contributed by atoms with Crippen molar-refractivity contribution in [3.8, 4) is 22.1 Å². The van der Waals surface area contributed by atoms with Crippen molar-refractivity contribution in [1.82, 2.24) is 10.3 Å². The van der Waals surface area contributed by atoms with E-state index in [4.69, 9.17) is 9.47 Å². The van der Waals surface area contributed by atoms with Gasteiger partial charge in [-0.3, -0.25) is 4.79 Å². The van der Waals surface area contributed by atoms with Crippen LogP contribution in [-0.2, 0) is 19.3 Å². The van der Waals surface area contributed by atoms with Crippen LogP contribution in [0.4, 0.5) is 13.2 Å². The molecule has 0 unspecified atom stereocenters. The van der Waals surface area contributed by atoms with Crippen LogP contribution >= 0.6 is 11.3 Å². The smallest absolute Gasteiger partial charge is 0.416 e. The predicted molar refractivity (Wildman–Crippen MR) is 127 cm³/mol. The van der Waals surface area contributed by atoms with E-state index in [0.29, 0.717) is 22.9 Å². The lowest BCUT2D eigenvalue weighted by molar-refractivity contribution is -0.137. The minimum atomic E-state index is -4.43. The summed E-state index contributed by atoms with van der Waals surface area (Å²) in [5.74, 6) is 0.996. The van der Waals surface area contributed by atoms with Gasteiger partial charge in [0.1, 0.15) is 28.8 Å². The fraction of sp³-hybridized carbons (Fsp3) is 0.154. The number of methoxy groups -OCH3 is 1. The lowest BCUT2D eigenvalue weighted by Crippen LogP contribution is -2.23. The van der Waals surface area contributed by atoms with E-state index in [2.05, 4.69) is 10.3 Å². The normalized spacial score (nSPS) is 11.2. The number of hydrogen-bond donors (Lipinski definition) is 1. The number of alkyl halides is 3. The second kappa shape index (κ2) is 10.6. The zero-order valence-electron chi connectivity index (χ0n) is 18.6. The summed E-state index contributed by atoms with van der Waals surface area (Å²) in [6.07, 6.45) is -4.43. The summed E-state index contributed by atoms with van der Waals surface area (Å²) in [7, 11) is 1.61. The van der Waals surface area contributed by atoms with E-state index >= 15 is 0 Å². The summed E-state index contributed by atoms with van der Waals surface area (Å²) in [5.41, 5.74) is 1.61. The van der Waals surface area contributed by atoms with Crippen molar-refractivity contribution < 1.29 is 27.4 Å². The minimum absolute atomic E-state index is 0.0328. The van der Waals surface area contributed by atoms with Gasteiger partial charge in [-0.15, -0.1) is 11.3 Å². The molecule has 180 valence electrons. The maximum absolute atomic E-state index is 12.9. The van der Waals surface area contributed by atoms with Gasteiger partial charge in [-0.25, -0.2) is 4.98 Å². The molecule has 0 atom stereocenters. The van der Waals surface area contributed by atoms with E-state index < -0.39 is 17.6 Å². The number of nitrogens with zero attached hydrogens (tertiary/aromatic N) is 1. The number of hydrogen-bond acceptors (Lipinski definition) is 5. The van der Waals surface area contributed by atoms with Gasteiger partial charge >= 0.3 is 6.18 Å². The molecule has 5 nitrogen and oxygen atoms in total. The lowest BCUT2D eigenvalue weighted by atomic mass is 10.1. The quantitative estimate of drug-likeness (QED) is 0.308. The number of aromatic nitrogens is 1. The zero-order valence-corrected chi connectivity index (χ0v) is 19.5. The summed E-state index contributed by atoms with van der Waals surface area (Å²) in [6, 6.07) is 19.8. The third kappa shape index (κ3) is 6.39. The summed E-state index contributed by atoms with van der Waals surface area (Å²) in [4.78, 5) is 16.8. The number of rotatable bonds is 8. The van der Waals surface area contributed by atoms with Gasteiger partial charge in [0.25, 0.3) is 5.91 Å². The number of ether oxygens (including phenoxy) is 2. The van der Waals surface area contributed by atoms with E-state index in [1.165, 1.54) is 23.5 Å². The summed E-state index contributed by atoms with van der Waals surface area (Å²) >= 11 is 1.30. The predicted octanol–water partition coefficient (Wildman–Crippen LogP) is 6.35. The van der Waals surface area contributed by atoms with Gasteiger partial charge in [-0.05, 0) is 59.7 Å². The Hall–Kier alpha value is -3.85. The van der Waals surface area contributed by atoms with Gasteiger partial charge in [0.15, 0.2) is 0 Å². The standard InChI is InChI=1S/C26H21F3N2O3S/c1-33-22-7-3-5-18(13-22)15-34-21-10-8-19(9-11-21)25-31-23(16-35-25)24(32)30-14-17-4-2-6-20(12-17)26(27,28)29/h2-13,16H,14-15H2,1H3,(H,30,32). The molecule has 35 heavy (non-hydrogen) atoms. The average Bonchev–Trinajstić information content (AvgIpc) is 3.37. The molecule has 3 aromatic carbocycles. The summed E-state index contributed by atoms with van der Waals surface area (Å²) < 4.78 is 49.6. The monoisotopic (exact) mass is 498 g/mol. The molecule has 0 aliphatic rings. The maximum Gasteiger partial charge on any atom is 0.416 e. The van der Waals surface area contributed by atoms with E-state index in [1.807, 2.05) is 48.5 Å². The van der Waals surface area contributed by atoms with Crippen LogP contribution in [0, 0.1) is 0 Å². The van der Waals surface area contributed by atoms with Gasteiger partial charge in [0.05, 0.1) is 12.7 Å². The third-order valence-electron chi connectivity index (χ3n) is 5.09. The number of benzene rings is 3. The van der Waals surface area contributed by atoms with Crippen molar-refractivity contribution in [2.45, 2.75) is 19.3 Å². The molecule has 0 saturated heterocycles. The SMILES string of the molecule is COc1cccc(COc2ccc(-c3nc(C(=O)NCc4cccc(C(F)(F)F)c4)cs3)cc2)c1. The minimum Gasteiger partial charge on any atom is -0.497 e. The molecule has 4 aromatic rings. The maximum atomic E-state index is 12.9. The molecule has 0 bridgehead atoms. The van der Waals surface area contributed by atoms with E-state index in [1.54, 1.807) is 12.5 Å². The molecule has 9 heteroatoms. The number of amides is 1. The highest BCUT2D eigenvalue weighted by molar-refractivity contribution is 7.13. The highest BCUT2D eigenvalue weighted by Gasteiger charge is 2.30. The Morgan fingerprint density at radius 1 is 0.971 bits per heavy atom. The van der Waals surface area contributed by atoms with Crippen molar-refractivity contribution in [2.75, 3.05) is 7.11 Å². The third-order valence-corrected chi connectivity index (χ3v) is 5.98. The first-order chi connectivity index (χ1) is 16.8. The van der Waals surface area contributed by atoms with Gasteiger partial charge < -0.3 is 14.8 Å². The van der Waals surface area contributed by atoms with Gasteiger partial charge in [-0.1, -0.05) is 24.3 Å². The molecule has 0 radical (unpaired) electrons. The Labute approximate surface area is 204 Å². The number of carbonyl (C=O) groups excluding carboxylic acids is 1. The van der Waals surface area contributed by atoms with Crippen LogP contribution < -0.4 is 14.8 Å². The molecule has 0 fully saturated rings. The van der Waals surface area contributed by atoms with Crippen molar-refractivity contribution in [2.24, 2.45) is 0 Å². The van der Waals surface area contributed by atoms with Crippen LogP contribution in [0.15, 0.2) is 78.2 Å². The summed E-state index contributed by atoms with van der Waals surface area (Å²) in [5, 5.41) is 4.88. The Kier molecular flexibility index (Phi) is 7.36. The Balaban J connectivity index is 1.34. The Morgan fingerprint density at radius 2 is 1.71 bits per heavy atom. The fourth-order valence-electron chi connectivity index (χ4n) is 3.26. The zero-order chi connectivity index (χ0) is 24.8. The molecule has 0 spiro atoms. The van der Waals surface area contributed by atoms with E-state index in [9.17, 15) is 18.0 Å². The van der Waals surface area contributed by atoms with Crippen LogP contribution in [0.1, 0.15) is 27.2 Å². The van der Waals surface area contributed by atoms with Crippen molar-refractivity contribution in [3.05, 3.63) is 101 Å². The molecule has 1 aromatic heterocycles. The number of thiazole rings is 1. The van der Waals surface area contributed by atoms with Gasteiger partial charge in [0.2, 0.25) is 0 Å². The van der Waals surface area contributed by atoms with E-state index in [-0.39, 0.29) is 12.2 Å². The first kappa shape index (κ1) is 24.3. The van der Waals surface area contributed by atoms with E-state index in [0.717, 1.165) is 29.0 Å². The fourth-order valence-corrected chi connectivity index (χ4v) is 4.07. The van der Waals surface area contributed by atoms with Crippen LogP contribution in [0.5, 0.6) is 11.5 Å². The van der Waals surface area contributed by atoms with Crippen LogP contribution in [0.3, 0.4) is 0 Å². The highest BCUT2D eigenvalue weighted by Crippen LogP contribution is 2.30. The Morgan fingerprint density at radius 3 is 2.46 bits per heavy atom. The molecule has 0 aliphatic carbocycles.